The van der Waals surface area contributed by atoms with Crippen LogP contribution in [0.2, 0.25) is 0 Å². The van der Waals surface area contributed by atoms with Gasteiger partial charge in [-0.1, -0.05) is 18.2 Å². The fourth-order valence-electron chi connectivity index (χ4n) is 1.24. The second kappa shape index (κ2) is 4.33. The molecule has 0 aliphatic rings. The number of hydrogen-bond acceptors (Lipinski definition) is 2. The van der Waals surface area contributed by atoms with Crippen molar-refractivity contribution in [3.63, 3.8) is 0 Å². The summed E-state index contributed by atoms with van der Waals surface area (Å²) in [4.78, 5) is 0. The highest BCUT2D eigenvalue weighted by Crippen LogP contribution is 2.31. The van der Waals surface area contributed by atoms with Crippen molar-refractivity contribution in [1.29, 1.82) is 0 Å². The fourth-order valence-corrected chi connectivity index (χ4v) is 1.24. The molecular formula is C11H13F3O2. The Bertz CT molecular complexity index is 333. The molecule has 0 saturated heterocycles. The number of benzene rings is 1. The third-order valence-corrected chi connectivity index (χ3v) is 2.09. The second-order valence-corrected chi connectivity index (χ2v) is 3.96. The summed E-state index contributed by atoms with van der Waals surface area (Å²) in [7, 11) is 0. The molecule has 0 spiro atoms. The Morgan fingerprint density at radius 3 is 2.06 bits per heavy atom. The Balaban J connectivity index is 2.80. The minimum absolute atomic E-state index is 0.288. The summed E-state index contributed by atoms with van der Waals surface area (Å²) in [6.45, 7) is 2.39. The Hall–Kier alpha value is -1.23. The van der Waals surface area contributed by atoms with Gasteiger partial charge in [-0.15, -0.1) is 0 Å². The van der Waals surface area contributed by atoms with E-state index in [1.165, 1.54) is 26.0 Å². The molecule has 0 fully saturated rings. The van der Waals surface area contributed by atoms with E-state index in [2.05, 4.69) is 0 Å². The molecule has 1 rings (SSSR count). The molecule has 0 amide bonds. The summed E-state index contributed by atoms with van der Waals surface area (Å²) in [5, 5.41) is 9.12. The maximum absolute atomic E-state index is 12.3. The molecule has 1 aromatic rings. The number of ether oxygens (including phenoxy) is 1. The Kier molecular flexibility index (Phi) is 3.48. The highest BCUT2D eigenvalue weighted by atomic mass is 19.4. The third kappa shape index (κ3) is 3.13. The summed E-state index contributed by atoms with van der Waals surface area (Å²) in [6, 6.07) is 8.08. The van der Waals surface area contributed by atoms with Crippen LogP contribution in [0, 0.1) is 0 Å². The number of aliphatic hydroxyl groups excluding tert-OH is 1. The maximum atomic E-state index is 12.3. The number of halogens is 3. The van der Waals surface area contributed by atoms with Crippen molar-refractivity contribution in [2.45, 2.75) is 31.7 Å². The SMILES string of the molecule is CC(C)(Oc1ccccc1)C(O)C(F)(F)F. The van der Waals surface area contributed by atoms with Gasteiger partial charge in [0.1, 0.15) is 11.4 Å². The molecule has 90 valence electrons. The Morgan fingerprint density at radius 1 is 1.12 bits per heavy atom. The van der Waals surface area contributed by atoms with Crippen molar-refractivity contribution in [3.8, 4) is 5.75 Å². The first-order valence-corrected chi connectivity index (χ1v) is 4.72. The van der Waals surface area contributed by atoms with Crippen molar-refractivity contribution in [1.82, 2.24) is 0 Å². The van der Waals surface area contributed by atoms with E-state index in [9.17, 15) is 13.2 Å². The van der Waals surface area contributed by atoms with Crippen LogP contribution in [0.25, 0.3) is 0 Å². The minimum atomic E-state index is -4.70. The second-order valence-electron chi connectivity index (χ2n) is 3.96. The van der Waals surface area contributed by atoms with Crippen LogP contribution in [-0.4, -0.2) is 23.0 Å². The van der Waals surface area contributed by atoms with Gasteiger partial charge in [-0.05, 0) is 26.0 Å². The molecule has 1 unspecified atom stereocenters. The van der Waals surface area contributed by atoms with Crippen molar-refractivity contribution in [2.75, 3.05) is 0 Å². The van der Waals surface area contributed by atoms with Gasteiger partial charge in [0.25, 0.3) is 0 Å². The van der Waals surface area contributed by atoms with Crippen molar-refractivity contribution >= 4 is 0 Å². The molecule has 1 N–H and O–H groups in total. The monoisotopic (exact) mass is 234 g/mol. The third-order valence-electron chi connectivity index (χ3n) is 2.09. The van der Waals surface area contributed by atoms with Crippen molar-refractivity contribution < 1.29 is 23.0 Å². The van der Waals surface area contributed by atoms with E-state index in [1.54, 1.807) is 18.2 Å². The number of para-hydroxylation sites is 1. The van der Waals surface area contributed by atoms with Gasteiger partial charge in [-0.2, -0.15) is 13.2 Å². The van der Waals surface area contributed by atoms with Crippen LogP contribution < -0.4 is 4.74 Å². The number of rotatable bonds is 3. The molecular weight excluding hydrogens is 221 g/mol. The lowest BCUT2D eigenvalue weighted by Gasteiger charge is -2.32. The smallest absolute Gasteiger partial charge is 0.418 e. The lowest BCUT2D eigenvalue weighted by Crippen LogP contribution is -2.50. The quantitative estimate of drug-likeness (QED) is 0.871. The topological polar surface area (TPSA) is 29.5 Å². The van der Waals surface area contributed by atoms with E-state index < -0.39 is 17.9 Å². The normalized spacial score (nSPS) is 14.6. The summed E-state index contributed by atoms with van der Waals surface area (Å²) < 4.78 is 42.1. The predicted octanol–water partition coefficient (Wildman–Crippen LogP) is 2.77. The molecule has 0 heterocycles. The lowest BCUT2D eigenvalue weighted by atomic mass is 10.0. The number of hydrogen-bond donors (Lipinski definition) is 1. The predicted molar refractivity (Wildman–Crippen MR) is 53.2 cm³/mol. The molecule has 0 aromatic heterocycles. The Morgan fingerprint density at radius 2 is 1.62 bits per heavy atom. The summed E-state index contributed by atoms with van der Waals surface area (Å²) >= 11 is 0. The first-order chi connectivity index (χ1) is 7.23. The first kappa shape index (κ1) is 12.8. The zero-order valence-electron chi connectivity index (χ0n) is 8.95. The average molecular weight is 234 g/mol. The molecule has 1 aromatic carbocycles. The highest BCUT2D eigenvalue weighted by molar-refractivity contribution is 5.22. The van der Waals surface area contributed by atoms with Gasteiger partial charge in [-0.3, -0.25) is 0 Å². The lowest BCUT2D eigenvalue weighted by molar-refractivity contribution is -0.243. The highest BCUT2D eigenvalue weighted by Gasteiger charge is 2.49. The zero-order chi connectivity index (χ0) is 12.4. The summed E-state index contributed by atoms with van der Waals surface area (Å²) in [5.74, 6) is 0.288. The first-order valence-electron chi connectivity index (χ1n) is 4.72. The van der Waals surface area contributed by atoms with Gasteiger partial charge in [0.05, 0.1) is 0 Å². The van der Waals surface area contributed by atoms with E-state index in [0.717, 1.165) is 0 Å². The largest absolute Gasteiger partial charge is 0.485 e. The number of alkyl halides is 3. The summed E-state index contributed by atoms with van der Waals surface area (Å²) in [6.07, 6.45) is -7.22. The van der Waals surface area contributed by atoms with Crippen molar-refractivity contribution in [3.05, 3.63) is 30.3 Å². The summed E-state index contributed by atoms with van der Waals surface area (Å²) in [5.41, 5.74) is -1.72. The molecule has 2 nitrogen and oxygen atoms in total. The molecule has 1 atom stereocenters. The minimum Gasteiger partial charge on any atom is -0.485 e. The van der Waals surface area contributed by atoms with Crippen LogP contribution >= 0.6 is 0 Å². The van der Waals surface area contributed by atoms with E-state index in [4.69, 9.17) is 9.84 Å². The van der Waals surface area contributed by atoms with E-state index >= 15 is 0 Å². The van der Waals surface area contributed by atoms with Crippen molar-refractivity contribution in [2.24, 2.45) is 0 Å². The maximum Gasteiger partial charge on any atom is 0.418 e. The van der Waals surface area contributed by atoms with E-state index in [0.29, 0.717) is 0 Å². The van der Waals surface area contributed by atoms with Crippen LogP contribution in [0.4, 0.5) is 13.2 Å². The van der Waals surface area contributed by atoms with Crippen LogP contribution in [0.1, 0.15) is 13.8 Å². The van der Waals surface area contributed by atoms with Gasteiger partial charge in [-0.25, -0.2) is 0 Å². The van der Waals surface area contributed by atoms with E-state index in [1.807, 2.05) is 0 Å². The van der Waals surface area contributed by atoms with Crippen LogP contribution in [0.5, 0.6) is 5.75 Å². The molecule has 0 bridgehead atoms. The molecule has 0 aliphatic carbocycles. The van der Waals surface area contributed by atoms with Crippen LogP contribution in [-0.2, 0) is 0 Å². The average Bonchev–Trinajstić information content (AvgIpc) is 2.16. The van der Waals surface area contributed by atoms with Gasteiger partial charge in [0.2, 0.25) is 0 Å². The Labute approximate surface area is 91.7 Å². The van der Waals surface area contributed by atoms with Crippen LogP contribution in [0.3, 0.4) is 0 Å². The molecule has 0 saturated carbocycles. The standard InChI is InChI=1S/C11H13F3O2/c1-10(2,9(15)11(12,13)14)16-8-6-4-3-5-7-8/h3-7,9,15H,1-2H3. The van der Waals surface area contributed by atoms with Gasteiger partial charge < -0.3 is 9.84 Å². The van der Waals surface area contributed by atoms with E-state index in [-0.39, 0.29) is 5.75 Å². The van der Waals surface area contributed by atoms with Crippen LogP contribution in [0.15, 0.2) is 30.3 Å². The zero-order valence-corrected chi connectivity index (χ0v) is 8.95. The fraction of sp³-hybridized carbons (Fsp3) is 0.455. The van der Waals surface area contributed by atoms with Gasteiger partial charge >= 0.3 is 6.18 Å². The van der Waals surface area contributed by atoms with Gasteiger partial charge in [0.15, 0.2) is 6.10 Å². The molecule has 5 heteroatoms. The molecule has 16 heavy (non-hydrogen) atoms. The molecule has 0 aliphatic heterocycles. The van der Waals surface area contributed by atoms with Gasteiger partial charge in [0, 0.05) is 0 Å². The number of aliphatic hydroxyl groups is 1. The molecule has 0 radical (unpaired) electrons.